The van der Waals surface area contributed by atoms with Crippen molar-refractivity contribution in [3.05, 3.63) is 118 Å². The van der Waals surface area contributed by atoms with Gasteiger partial charge in [0.2, 0.25) is 5.91 Å². The molecule has 0 bridgehead atoms. The van der Waals surface area contributed by atoms with Crippen molar-refractivity contribution >= 4 is 24.0 Å². The number of rotatable bonds is 6. The van der Waals surface area contributed by atoms with Crippen molar-refractivity contribution in [3.63, 3.8) is 0 Å². The summed E-state index contributed by atoms with van der Waals surface area (Å²) in [5.41, 5.74) is 8.59. The first-order valence-corrected chi connectivity index (χ1v) is 10.0. The van der Waals surface area contributed by atoms with Crippen LogP contribution in [0.25, 0.3) is 11.1 Å². The topological polar surface area (TPSA) is 101 Å². The van der Waals surface area contributed by atoms with Gasteiger partial charge in [-0.3, -0.25) is 9.59 Å². The predicted octanol–water partition coefficient (Wildman–Crippen LogP) is 4.10. The van der Waals surface area contributed by atoms with Gasteiger partial charge in [0.15, 0.2) is 0 Å². The molecule has 6 nitrogen and oxygen atoms in total. The highest BCUT2D eigenvalue weighted by molar-refractivity contribution is 5.96. The fourth-order valence-electron chi connectivity index (χ4n) is 3.66. The molecule has 4 N–H and O–H groups in total. The minimum Gasteiger partial charge on any atom is -0.325 e. The summed E-state index contributed by atoms with van der Waals surface area (Å²) in [6.45, 7) is 0. The molecule has 0 aliphatic heterocycles. The Labute approximate surface area is 196 Å². The molecule has 0 aliphatic carbocycles. The lowest BCUT2D eigenvalue weighted by Gasteiger charge is -2.24. The average molecular weight is 465 g/mol. The van der Waals surface area contributed by atoms with Gasteiger partial charge in [-0.15, -0.1) is 12.4 Å². The molecular weight excluding hydrogens is 443 g/mol. The monoisotopic (exact) mass is 464 g/mol. The van der Waals surface area contributed by atoms with Gasteiger partial charge in [0.05, 0.1) is 12.2 Å². The Bertz CT molecular complexity index is 1240. The molecule has 1 heterocycles. The molecule has 3 aromatic carbocycles. The van der Waals surface area contributed by atoms with Crippen LogP contribution in [0, 0.1) is 5.82 Å². The van der Waals surface area contributed by atoms with E-state index in [-0.39, 0.29) is 29.6 Å². The van der Waals surface area contributed by atoms with Gasteiger partial charge in [-0.2, -0.15) is 5.10 Å². The summed E-state index contributed by atoms with van der Waals surface area (Å²) in [5.74, 6) is -1.40. The molecule has 1 amide bonds. The Kier molecular flexibility index (Phi) is 7.71. The van der Waals surface area contributed by atoms with E-state index in [2.05, 4.69) is 15.5 Å². The highest BCUT2D eigenvalue weighted by Gasteiger charge is 2.28. The number of anilines is 1. The van der Waals surface area contributed by atoms with E-state index < -0.39 is 23.3 Å². The molecule has 0 fully saturated rings. The zero-order chi connectivity index (χ0) is 22.5. The maximum atomic E-state index is 14.7. The van der Waals surface area contributed by atoms with Crippen LogP contribution in [0.2, 0.25) is 0 Å². The predicted molar refractivity (Wildman–Crippen MR) is 129 cm³/mol. The number of halogens is 2. The number of nitrogens with two attached hydrogens (primary N) is 1. The molecule has 0 saturated heterocycles. The molecular formula is C25H22ClFN4O2. The van der Waals surface area contributed by atoms with E-state index in [1.54, 1.807) is 6.07 Å². The van der Waals surface area contributed by atoms with Crippen LogP contribution in [0.15, 0.2) is 95.9 Å². The fraction of sp³-hybridized carbons (Fsp3) is 0.0800. The fourth-order valence-corrected chi connectivity index (χ4v) is 3.66. The van der Waals surface area contributed by atoms with Crippen molar-refractivity contribution in [2.75, 3.05) is 5.32 Å². The summed E-state index contributed by atoms with van der Waals surface area (Å²) in [5, 5.41) is 8.64. The van der Waals surface area contributed by atoms with Gasteiger partial charge in [0.1, 0.15) is 5.82 Å². The maximum Gasteiger partial charge on any atom is 0.264 e. The SMILES string of the molecule is Cl.N[C@H](C(=O)Nc1ccc(-c2cn[nH]c(=O)c2)c(F)c1)C(c1ccccc1)c1ccccc1. The van der Waals surface area contributed by atoms with Crippen molar-refractivity contribution in [2.24, 2.45) is 5.73 Å². The highest BCUT2D eigenvalue weighted by atomic mass is 35.5. The van der Waals surface area contributed by atoms with E-state index in [9.17, 15) is 14.0 Å². The Balaban J connectivity index is 0.00000306. The molecule has 168 valence electrons. The van der Waals surface area contributed by atoms with Crippen molar-refractivity contribution in [3.8, 4) is 11.1 Å². The lowest BCUT2D eigenvalue weighted by molar-refractivity contribution is -0.117. The molecule has 0 unspecified atom stereocenters. The smallest absolute Gasteiger partial charge is 0.264 e. The van der Waals surface area contributed by atoms with Gasteiger partial charge in [0, 0.05) is 28.8 Å². The first-order chi connectivity index (χ1) is 15.5. The Morgan fingerprint density at radius 3 is 2.09 bits per heavy atom. The molecule has 0 spiro atoms. The second kappa shape index (κ2) is 10.7. The molecule has 1 atom stereocenters. The van der Waals surface area contributed by atoms with Gasteiger partial charge in [-0.1, -0.05) is 60.7 Å². The van der Waals surface area contributed by atoms with Gasteiger partial charge in [-0.05, 0) is 29.3 Å². The molecule has 0 saturated carbocycles. The zero-order valence-electron chi connectivity index (χ0n) is 17.4. The number of amides is 1. The van der Waals surface area contributed by atoms with Gasteiger partial charge in [-0.25, -0.2) is 9.49 Å². The van der Waals surface area contributed by atoms with Crippen LogP contribution in [0.4, 0.5) is 10.1 Å². The number of aromatic nitrogens is 2. The van der Waals surface area contributed by atoms with Crippen LogP contribution in [-0.2, 0) is 4.79 Å². The number of nitrogens with one attached hydrogen (secondary N) is 2. The summed E-state index contributed by atoms with van der Waals surface area (Å²) >= 11 is 0. The third-order valence-corrected chi connectivity index (χ3v) is 5.19. The third-order valence-electron chi connectivity index (χ3n) is 5.19. The summed E-state index contributed by atoms with van der Waals surface area (Å²) in [6, 6.07) is 23.7. The Hall–Kier alpha value is -3.81. The number of hydrogen-bond acceptors (Lipinski definition) is 4. The number of carbonyl (C=O) groups is 1. The van der Waals surface area contributed by atoms with E-state index in [1.807, 2.05) is 60.7 Å². The average Bonchev–Trinajstić information content (AvgIpc) is 2.80. The van der Waals surface area contributed by atoms with Crippen molar-refractivity contribution < 1.29 is 9.18 Å². The first kappa shape index (κ1) is 23.8. The normalized spacial score (nSPS) is 11.5. The highest BCUT2D eigenvalue weighted by Crippen LogP contribution is 2.28. The van der Waals surface area contributed by atoms with Crippen LogP contribution < -0.4 is 16.6 Å². The van der Waals surface area contributed by atoms with Crippen LogP contribution in [0.5, 0.6) is 0 Å². The number of H-pyrrole nitrogens is 1. The Morgan fingerprint density at radius 1 is 0.939 bits per heavy atom. The van der Waals surface area contributed by atoms with E-state index in [0.29, 0.717) is 5.56 Å². The van der Waals surface area contributed by atoms with E-state index in [1.165, 1.54) is 24.4 Å². The maximum absolute atomic E-state index is 14.7. The quantitative estimate of drug-likeness (QED) is 0.400. The summed E-state index contributed by atoms with van der Waals surface area (Å²) in [4.78, 5) is 24.4. The molecule has 1 aromatic heterocycles. The number of carbonyl (C=O) groups excluding carboxylic acids is 1. The molecule has 0 aliphatic rings. The molecule has 4 rings (SSSR count). The number of hydrogen-bond donors (Lipinski definition) is 3. The lowest BCUT2D eigenvalue weighted by atomic mass is 9.85. The van der Waals surface area contributed by atoms with Crippen LogP contribution in [0.1, 0.15) is 17.0 Å². The summed E-state index contributed by atoms with van der Waals surface area (Å²) in [6.07, 6.45) is 1.36. The lowest BCUT2D eigenvalue weighted by Crippen LogP contribution is -2.41. The van der Waals surface area contributed by atoms with Gasteiger partial charge >= 0.3 is 0 Å². The number of benzene rings is 3. The first-order valence-electron chi connectivity index (χ1n) is 10.0. The summed E-state index contributed by atoms with van der Waals surface area (Å²) < 4.78 is 14.7. The van der Waals surface area contributed by atoms with Crippen molar-refractivity contribution in [1.29, 1.82) is 0 Å². The molecule has 8 heteroatoms. The molecule has 4 aromatic rings. The Morgan fingerprint density at radius 2 is 1.55 bits per heavy atom. The second-order valence-corrected chi connectivity index (χ2v) is 7.34. The minimum absolute atomic E-state index is 0. The van der Waals surface area contributed by atoms with E-state index in [0.717, 1.165) is 11.1 Å². The van der Waals surface area contributed by atoms with Crippen LogP contribution in [-0.4, -0.2) is 22.1 Å². The summed E-state index contributed by atoms with van der Waals surface area (Å²) in [7, 11) is 0. The zero-order valence-corrected chi connectivity index (χ0v) is 18.3. The van der Waals surface area contributed by atoms with Crippen molar-refractivity contribution in [1.82, 2.24) is 10.2 Å². The van der Waals surface area contributed by atoms with Crippen LogP contribution >= 0.6 is 12.4 Å². The standard InChI is InChI=1S/C25H21FN4O2.ClH/c26-21-14-19(11-12-20(21)18-13-22(31)30-28-15-18)29-25(32)24(27)23(16-7-3-1-4-8-16)17-9-5-2-6-10-17;/h1-15,23-24H,27H2,(H,29,32)(H,30,31);1H/t24-;/m0./s1. The van der Waals surface area contributed by atoms with E-state index >= 15 is 0 Å². The van der Waals surface area contributed by atoms with Crippen molar-refractivity contribution in [2.45, 2.75) is 12.0 Å². The second-order valence-electron chi connectivity index (χ2n) is 7.34. The van der Waals surface area contributed by atoms with E-state index in [4.69, 9.17) is 5.73 Å². The molecule has 33 heavy (non-hydrogen) atoms. The minimum atomic E-state index is -0.903. The van der Waals surface area contributed by atoms with Crippen LogP contribution in [0.3, 0.4) is 0 Å². The molecule has 0 radical (unpaired) electrons. The number of nitrogens with zero attached hydrogens (tertiary/aromatic N) is 1. The van der Waals surface area contributed by atoms with Gasteiger partial charge < -0.3 is 11.1 Å². The largest absolute Gasteiger partial charge is 0.325 e. The third kappa shape index (κ3) is 5.52. The van der Waals surface area contributed by atoms with Gasteiger partial charge in [0.25, 0.3) is 5.56 Å². The number of aromatic amines is 1.